The summed E-state index contributed by atoms with van der Waals surface area (Å²) in [5.74, 6) is -0.827. The molecule has 0 aliphatic heterocycles. The average molecular weight is 429 g/mol. The van der Waals surface area contributed by atoms with Crippen molar-refractivity contribution >= 4 is 34.4 Å². The van der Waals surface area contributed by atoms with E-state index in [0.717, 1.165) is 39.7 Å². The molecule has 164 valence electrons. The monoisotopic (exact) mass is 428 g/mol. The summed E-state index contributed by atoms with van der Waals surface area (Å²) < 4.78 is 5.31. The van der Waals surface area contributed by atoms with Gasteiger partial charge in [0, 0.05) is 12.4 Å². The van der Waals surface area contributed by atoms with Crippen molar-refractivity contribution in [3.8, 4) is 0 Å². The SMILES string of the molecule is CNC(=O)COC(=O)c1c2c(nc3ccccc13)/C(=C/c1ccc(C(C)(C)C)cc1)CC2. The number of likely N-dealkylation sites (N-methyl/N-ethyl adjacent to an activating group) is 1. The van der Waals surface area contributed by atoms with Crippen molar-refractivity contribution in [3.63, 3.8) is 0 Å². The number of para-hydroxylation sites is 1. The number of nitrogens with one attached hydrogen (secondary N) is 1. The molecular formula is C27H28N2O3. The van der Waals surface area contributed by atoms with E-state index in [0.29, 0.717) is 12.0 Å². The zero-order chi connectivity index (χ0) is 22.9. The predicted molar refractivity (Wildman–Crippen MR) is 127 cm³/mol. The molecule has 1 heterocycles. The standard InChI is InChI=1S/C27H28N2O3/c1-27(2,3)19-12-9-17(10-13-19)15-18-11-14-21-24(26(31)32-16-23(30)28-4)20-7-5-6-8-22(20)29-25(18)21/h5-10,12-13,15H,11,14,16H2,1-4H3,(H,28,30)/b18-15+. The van der Waals surface area contributed by atoms with Gasteiger partial charge in [-0.25, -0.2) is 9.78 Å². The first-order valence-electron chi connectivity index (χ1n) is 10.9. The van der Waals surface area contributed by atoms with Gasteiger partial charge in [0.2, 0.25) is 0 Å². The van der Waals surface area contributed by atoms with Crippen LogP contribution < -0.4 is 5.32 Å². The highest BCUT2D eigenvalue weighted by molar-refractivity contribution is 6.07. The van der Waals surface area contributed by atoms with Gasteiger partial charge in [0.15, 0.2) is 6.61 Å². The lowest BCUT2D eigenvalue weighted by Gasteiger charge is -2.18. The molecule has 3 aromatic rings. The Hall–Kier alpha value is -3.47. The molecule has 0 atom stereocenters. The Kier molecular flexibility index (Phi) is 5.83. The van der Waals surface area contributed by atoms with Crippen molar-refractivity contribution in [3.05, 3.63) is 76.5 Å². The van der Waals surface area contributed by atoms with E-state index in [1.165, 1.54) is 12.6 Å². The summed E-state index contributed by atoms with van der Waals surface area (Å²) in [7, 11) is 1.51. The van der Waals surface area contributed by atoms with Crippen LogP contribution in [0.3, 0.4) is 0 Å². The van der Waals surface area contributed by atoms with Gasteiger partial charge in [-0.2, -0.15) is 0 Å². The van der Waals surface area contributed by atoms with Crippen molar-refractivity contribution in [1.82, 2.24) is 10.3 Å². The lowest BCUT2D eigenvalue weighted by molar-refractivity contribution is -0.123. The van der Waals surface area contributed by atoms with Crippen LogP contribution in [0.5, 0.6) is 0 Å². The van der Waals surface area contributed by atoms with E-state index < -0.39 is 5.97 Å². The maximum Gasteiger partial charge on any atom is 0.339 e. The average Bonchev–Trinajstić information content (AvgIpc) is 3.17. The third kappa shape index (κ3) is 4.28. The third-order valence-corrected chi connectivity index (χ3v) is 5.88. The number of rotatable bonds is 4. The molecule has 4 rings (SSSR count). The second-order valence-corrected chi connectivity index (χ2v) is 9.12. The zero-order valence-corrected chi connectivity index (χ0v) is 19.0. The van der Waals surface area contributed by atoms with Gasteiger partial charge in [0.25, 0.3) is 5.91 Å². The second kappa shape index (κ2) is 8.58. The summed E-state index contributed by atoms with van der Waals surface area (Å²) in [5.41, 5.74) is 6.61. The van der Waals surface area contributed by atoms with E-state index in [1.807, 2.05) is 24.3 Å². The van der Waals surface area contributed by atoms with Gasteiger partial charge in [-0.05, 0) is 52.7 Å². The van der Waals surface area contributed by atoms with Crippen LogP contribution in [0.15, 0.2) is 48.5 Å². The second-order valence-electron chi connectivity index (χ2n) is 9.12. The minimum atomic E-state index is -0.487. The number of carbonyl (C=O) groups excluding carboxylic acids is 2. The molecule has 2 aromatic carbocycles. The van der Waals surface area contributed by atoms with Crippen LogP contribution in [0.2, 0.25) is 0 Å². The van der Waals surface area contributed by atoms with Crippen molar-refractivity contribution in [1.29, 1.82) is 0 Å². The Balaban J connectivity index is 1.75. The normalized spacial score (nSPS) is 14.4. The summed E-state index contributed by atoms with van der Waals surface area (Å²) in [6, 6.07) is 16.2. The molecule has 1 amide bonds. The molecule has 1 N–H and O–H groups in total. The highest BCUT2D eigenvalue weighted by atomic mass is 16.5. The summed E-state index contributed by atoms with van der Waals surface area (Å²) in [6.07, 6.45) is 3.67. The largest absolute Gasteiger partial charge is 0.452 e. The lowest BCUT2D eigenvalue weighted by atomic mass is 9.86. The Morgan fingerprint density at radius 2 is 1.78 bits per heavy atom. The number of ether oxygens (including phenoxy) is 1. The van der Waals surface area contributed by atoms with Crippen molar-refractivity contribution in [2.75, 3.05) is 13.7 Å². The van der Waals surface area contributed by atoms with Gasteiger partial charge in [0.05, 0.1) is 16.8 Å². The highest BCUT2D eigenvalue weighted by Gasteiger charge is 2.28. The van der Waals surface area contributed by atoms with Crippen molar-refractivity contribution < 1.29 is 14.3 Å². The molecule has 0 radical (unpaired) electrons. The number of carbonyl (C=O) groups is 2. The maximum atomic E-state index is 13.0. The highest BCUT2D eigenvalue weighted by Crippen LogP contribution is 2.38. The fraction of sp³-hybridized carbons (Fsp3) is 0.296. The third-order valence-electron chi connectivity index (χ3n) is 5.88. The fourth-order valence-corrected chi connectivity index (χ4v) is 4.07. The van der Waals surface area contributed by atoms with Gasteiger partial charge in [-0.3, -0.25) is 4.79 Å². The molecule has 1 aromatic heterocycles. The number of esters is 1. The first kappa shape index (κ1) is 21.8. The van der Waals surface area contributed by atoms with Gasteiger partial charge < -0.3 is 10.1 Å². The molecule has 0 spiro atoms. The smallest absolute Gasteiger partial charge is 0.339 e. The molecule has 0 fully saturated rings. The number of allylic oxidation sites excluding steroid dienone is 1. The van der Waals surface area contributed by atoms with Crippen molar-refractivity contribution in [2.24, 2.45) is 0 Å². The van der Waals surface area contributed by atoms with Gasteiger partial charge in [-0.15, -0.1) is 0 Å². The van der Waals surface area contributed by atoms with E-state index in [4.69, 9.17) is 9.72 Å². The molecule has 0 bridgehead atoms. The van der Waals surface area contributed by atoms with E-state index in [2.05, 4.69) is 56.4 Å². The van der Waals surface area contributed by atoms with Crippen LogP contribution >= 0.6 is 0 Å². The number of pyridine rings is 1. The van der Waals surface area contributed by atoms with Gasteiger partial charge >= 0.3 is 5.97 Å². The molecule has 1 aliphatic rings. The number of benzene rings is 2. The molecule has 0 saturated carbocycles. The van der Waals surface area contributed by atoms with Gasteiger partial charge in [0.1, 0.15) is 0 Å². The van der Waals surface area contributed by atoms with E-state index in [-0.39, 0.29) is 17.9 Å². The summed E-state index contributed by atoms with van der Waals surface area (Å²) in [6.45, 7) is 6.30. The molecule has 5 nitrogen and oxygen atoms in total. The molecule has 32 heavy (non-hydrogen) atoms. The Bertz CT molecular complexity index is 1220. The Morgan fingerprint density at radius 1 is 1.06 bits per heavy atom. The van der Waals surface area contributed by atoms with Crippen LogP contribution in [0, 0.1) is 0 Å². The maximum absolute atomic E-state index is 13.0. The van der Waals surface area contributed by atoms with Crippen LogP contribution in [0.1, 0.15) is 59.9 Å². The van der Waals surface area contributed by atoms with E-state index >= 15 is 0 Å². The number of aromatic nitrogens is 1. The lowest BCUT2D eigenvalue weighted by Crippen LogP contribution is -2.25. The summed E-state index contributed by atoms with van der Waals surface area (Å²) in [4.78, 5) is 29.5. The molecular weight excluding hydrogens is 400 g/mol. The number of amides is 1. The minimum absolute atomic E-state index is 0.107. The number of fused-ring (bicyclic) bond motifs is 2. The Morgan fingerprint density at radius 3 is 2.47 bits per heavy atom. The molecule has 5 heteroatoms. The number of hydrogen-bond acceptors (Lipinski definition) is 4. The quantitative estimate of drug-likeness (QED) is 0.599. The topological polar surface area (TPSA) is 68.3 Å². The predicted octanol–water partition coefficient (Wildman–Crippen LogP) is 4.92. The minimum Gasteiger partial charge on any atom is -0.452 e. The van der Waals surface area contributed by atoms with E-state index in [1.54, 1.807) is 0 Å². The molecule has 1 aliphatic carbocycles. The van der Waals surface area contributed by atoms with Crippen molar-refractivity contribution in [2.45, 2.75) is 39.0 Å². The van der Waals surface area contributed by atoms with E-state index in [9.17, 15) is 9.59 Å². The first-order valence-corrected chi connectivity index (χ1v) is 10.9. The summed E-state index contributed by atoms with van der Waals surface area (Å²) in [5, 5.41) is 3.22. The zero-order valence-electron chi connectivity index (χ0n) is 19.0. The summed E-state index contributed by atoms with van der Waals surface area (Å²) >= 11 is 0. The van der Waals surface area contributed by atoms with Crippen LogP contribution in [0.25, 0.3) is 22.6 Å². The number of nitrogens with zero attached hydrogens (tertiary/aromatic N) is 1. The molecule has 0 saturated heterocycles. The van der Waals surface area contributed by atoms with Crippen LogP contribution in [-0.2, 0) is 21.4 Å². The Labute approximate surface area is 188 Å². The van der Waals surface area contributed by atoms with Gasteiger partial charge in [-0.1, -0.05) is 63.2 Å². The fourth-order valence-electron chi connectivity index (χ4n) is 4.07. The number of hydrogen-bond donors (Lipinski definition) is 1. The van der Waals surface area contributed by atoms with Crippen LogP contribution in [0.4, 0.5) is 0 Å². The molecule has 0 unspecified atom stereocenters. The first-order chi connectivity index (χ1) is 15.3. The van der Waals surface area contributed by atoms with Crippen LogP contribution in [-0.4, -0.2) is 30.5 Å².